The number of hydrogen-bond acceptors (Lipinski definition) is 6. The van der Waals surface area contributed by atoms with Crippen LogP contribution in [-0.4, -0.2) is 35.6 Å². The van der Waals surface area contributed by atoms with Crippen molar-refractivity contribution in [3.63, 3.8) is 0 Å². The van der Waals surface area contributed by atoms with E-state index in [9.17, 15) is 27.6 Å². The molecule has 7 nitrogen and oxygen atoms in total. The Morgan fingerprint density at radius 1 is 1.00 bits per heavy atom. The van der Waals surface area contributed by atoms with E-state index in [1.165, 1.54) is 13.2 Å². The molecule has 1 aliphatic rings. The predicted octanol–water partition coefficient (Wildman–Crippen LogP) is 5.37. The number of carbonyl (C=O) groups is 3. The number of halogens is 3. The quantitative estimate of drug-likeness (QED) is 0.313. The van der Waals surface area contributed by atoms with Gasteiger partial charge in [-0.15, -0.1) is 0 Å². The Bertz CT molecular complexity index is 1400. The molecular formula is C26H19F3N2O5S. The number of ether oxygens (including phenoxy) is 2. The summed E-state index contributed by atoms with van der Waals surface area (Å²) in [5.74, 6) is -5.56. The summed E-state index contributed by atoms with van der Waals surface area (Å²) in [5, 5.41) is 1.31. The minimum atomic E-state index is -1.75. The topological polar surface area (TPSA) is 84.9 Å². The molecule has 3 aromatic carbocycles. The average Bonchev–Trinajstić information content (AvgIpc) is 3.15. The minimum Gasteiger partial charge on any atom is -0.493 e. The van der Waals surface area contributed by atoms with Gasteiger partial charge in [0.15, 0.2) is 29.0 Å². The zero-order valence-corrected chi connectivity index (χ0v) is 20.1. The average molecular weight is 529 g/mol. The number of carbonyl (C=O) groups excluding carboxylic acids is 3. The summed E-state index contributed by atoms with van der Waals surface area (Å²) in [5.41, 5.74) is 0.898. The van der Waals surface area contributed by atoms with Crippen molar-refractivity contribution in [1.82, 2.24) is 4.90 Å². The molecule has 1 aliphatic heterocycles. The summed E-state index contributed by atoms with van der Waals surface area (Å²) in [4.78, 5) is 38.1. The number of imide groups is 1. The van der Waals surface area contributed by atoms with E-state index in [2.05, 4.69) is 0 Å². The lowest BCUT2D eigenvalue weighted by molar-refractivity contribution is -0.127. The number of nitrogens with zero attached hydrogens (tertiary/aromatic N) is 1. The second-order valence-electron chi connectivity index (χ2n) is 7.72. The van der Waals surface area contributed by atoms with Crippen LogP contribution >= 0.6 is 11.8 Å². The molecule has 190 valence electrons. The Hall–Kier alpha value is -4.25. The van der Waals surface area contributed by atoms with E-state index in [0.29, 0.717) is 46.4 Å². The van der Waals surface area contributed by atoms with Crippen LogP contribution in [0.3, 0.4) is 0 Å². The van der Waals surface area contributed by atoms with Gasteiger partial charge < -0.3 is 14.8 Å². The summed E-state index contributed by atoms with van der Waals surface area (Å²) in [7, 11) is 1.47. The molecule has 3 aromatic rings. The van der Waals surface area contributed by atoms with E-state index in [-0.39, 0.29) is 4.91 Å². The molecule has 11 heteroatoms. The van der Waals surface area contributed by atoms with Crippen molar-refractivity contribution < 1.29 is 37.0 Å². The van der Waals surface area contributed by atoms with E-state index >= 15 is 0 Å². The Morgan fingerprint density at radius 2 is 1.76 bits per heavy atom. The predicted molar refractivity (Wildman–Crippen MR) is 131 cm³/mol. The van der Waals surface area contributed by atoms with E-state index in [1.54, 1.807) is 18.2 Å². The fourth-order valence-corrected chi connectivity index (χ4v) is 4.21. The molecule has 0 saturated carbocycles. The summed E-state index contributed by atoms with van der Waals surface area (Å²) < 4.78 is 51.5. The largest absolute Gasteiger partial charge is 0.493 e. The molecule has 0 aromatic heterocycles. The first-order valence-electron chi connectivity index (χ1n) is 10.8. The number of anilines is 1. The first-order chi connectivity index (χ1) is 17.8. The third-order valence-electron chi connectivity index (χ3n) is 5.21. The molecule has 0 unspecified atom stereocenters. The van der Waals surface area contributed by atoms with Crippen molar-refractivity contribution in [1.29, 1.82) is 0 Å². The normalized spacial score (nSPS) is 14.3. The summed E-state index contributed by atoms with van der Waals surface area (Å²) >= 11 is 0.620. The van der Waals surface area contributed by atoms with Crippen molar-refractivity contribution in [2.75, 3.05) is 19.0 Å². The van der Waals surface area contributed by atoms with E-state index in [0.717, 1.165) is 11.6 Å². The minimum absolute atomic E-state index is 0.0526. The molecule has 4 rings (SSSR count). The molecule has 0 spiro atoms. The van der Waals surface area contributed by atoms with Gasteiger partial charge >= 0.3 is 0 Å². The standard InChI is InChI=1S/C26H19F3N2O5S/c1-35-20-11-16(7-10-19(20)36-14-15-5-3-2-4-6-15)12-21-25(33)31(26(34)37-21)13-22(32)30-18-9-8-17(27)23(28)24(18)29/h2-12H,13-14H2,1H3,(H,30,32)/b21-12+. The molecule has 0 aliphatic carbocycles. The highest BCUT2D eigenvalue weighted by Gasteiger charge is 2.36. The molecular weight excluding hydrogens is 509 g/mol. The number of thioether (sulfide) groups is 1. The van der Waals surface area contributed by atoms with Crippen molar-refractivity contribution in [3.8, 4) is 11.5 Å². The Labute approximate surface area is 213 Å². The van der Waals surface area contributed by atoms with Crippen LogP contribution in [0.5, 0.6) is 11.5 Å². The number of rotatable bonds is 8. The van der Waals surface area contributed by atoms with Crippen LogP contribution in [0.15, 0.2) is 65.6 Å². The van der Waals surface area contributed by atoms with Gasteiger partial charge in [0.1, 0.15) is 13.2 Å². The first kappa shape index (κ1) is 25.8. The number of nitrogens with one attached hydrogen (secondary N) is 1. The lowest BCUT2D eigenvalue weighted by Gasteiger charge is -2.13. The van der Waals surface area contributed by atoms with Gasteiger partial charge in [0, 0.05) is 0 Å². The fourth-order valence-electron chi connectivity index (χ4n) is 3.37. The van der Waals surface area contributed by atoms with E-state index < -0.39 is 46.7 Å². The van der Waals surface area contributed by atoms with Gasteiger partial charge in [-0.2, -0.15) is 0 Å². The lowest BCUT2D eigenvalue weighted by atomic mass is 10.1. The van der Waals surface area contributed by atoms with Gasteiger partial charge in [-0.1, -0.05) is 36.4 Å². The molecule has 37 heavy (non-hydrogen) atoms. The van der Waals surface area contributed by atoms with Crippen LogP contribution in [0.1, 0.15) is 11.1 Å². The Morgan fingerprint density at radius 3 is 2.49 bits per heavy atom. The zero-order valence-electron chi connectivity index (χ0n) is 19.3. The number of benzene rings is 3. The maximum atomic E-state index is 13.8. The Balaban J connectivity index is 1.43. The zero-order chi connectivity index (χ0) is 26.5. The van der Waals surface area contributed by atoms with Crippen molar-refractivity contribution in [2.24, 2.45) is 0 Å². The summed E-state index contributed by atoms with van der Waals surface area (Å²) in [6, 6.07) is 16.0. The molecule has 1 heterocycles. The van der Waals surface area contributed by atoms with Crippen LogP contribution < -0.4 is 14.8 Å². The van der Waals surface area contributed by atoms with Gasteiger partial charge in [-0.05, 0) is 53.2 Å². The SMILES string of the molecule is COc1cc(/C=C2/SC(=O)N(CC(=O)Nc3ccc(F)c(F)c3F)C2=O)ccc1OCc1ccccc1. The molecule has 3 amide bonds. The summed E-state index contributed by atoms with van der Waals surface area (Å²) in [6.45, 7) is -0.415. The van der Waals surface area contributed by atoms with Gasteiger partial charge in [-0.25, -0.2) is 13.2 Å². The van der Waals surface area contributed by atoms with Crippen LogP contribution in [0, 0.1) is 17.5 Å². The number of hydrogen-bond donors (Lipinski definition) is 1. The molecule has 1 fully saturated rings. The second kappa shape index (κ2) is 11.2. The fraction of sp³-hybridized carbons (Fsp3) is 0.115. The van der Waals surface area contributed by atoms with Crippen LogP contribution in [-0.2, 0) is 16.2 Å². The highest BCUT2D eigenvalue weighted by atomic mass is 32.2. The lowest BCUT2D eigenvalue weighted by Crippen LogP contribution is -2.36. The van der Waals surface area contributed by atoms with Crippen molar-refractivity contribution in [3.05, 3.63) is 94.1 Å². The van der Waals surface area contributed by atoms with Gasteiger partial charge in [0.05, 0.1) is 17.7 Å². The number of amides is 3. The third kappa shape index (κ3) is 5.95. The highest BCUT2D eigenvalue weighted by molar-refractivity contribution is 8.18. The maximum Gasteiger partial charge on any atom is 0.294 e. The van der Waals surface area contributed by atoms with Crippen molar-refractivity contribution in [2.45, 2.75) is 6.61 Å². The molecule has 0 atom stereocenters. The smallest absolute Gasteiger partial charge is 0.294 e. The number of methoxy groups -OCH3 is 1. The highest BCUT2D eigenvalue weighted by Crippen LogP contribution is 2.35. The van der Waals surface area contributed by atoms with Crippen LogP contribution in [0.2, 0.25) is 0 Å². The monoisotopic (exact) mass is 528 g/mol. The maximum absolute atomic E-state index is 13.8. The van der Waals surface area contributed by atoms with Gasteiger partial charge in [0.2, 0.25) is 5.91 Å². The van der Waals surface area contributed by atoms with Crippen LogP contribution in [0.4, 0.5) is 23.7 Å². The van der Waals surface area contributed by atoms with Gasteiger partial charge in [-0.3, -0.25) is 19.3 Å². The molecule has 0 radical (unpaired) electrons. The van der Waals surface area contributed by atoms with Gasteiger partial charge in [0.25, 0.3) is 11.1 Å². The second-order valence-corrected chi connectivity index (χ2v) is 8.72. The van der Waals surface area contributed by atoms with Crippen molar-refractivity contribution >= 4 is 40.6 Å². The Kier molecular flexibility index (Phi) is 7.83. The third-order valence-corrected chi connectivity index (χ3v) is 6.11. The summed E-state index contributed by atoms with van der Waals surface area (Å²) in [6.07, 6.45) is 1.46. The molecule has 1 saturated heterocycles. The van der Waals surface area contributed by atoms with Crippen LogP contribution in [0.25, 0.3) is 6.08 Å². The first-order valence-corrected chi connectivity index (χ1v) is 11.6. The molecule has 1 N–H and O–H groups in total. The van der Waals surface area contributed by atoms with E-state index in [1.807, 2.05) is 35.6 Å². The molecule has 0 bridgehead atoms. The van der Waals surface area contributed by atoms with E-state index in [4.69, 9.17) is 9.47 Å².